The Morgan fingerprint density at radius 1 is 0.906 bits per heavy atom. The fourth-order valence-electron chi connectivity index (χ4n) is 3.81. The molecule has 1 heterocycles. The van der Waals surface area contributed by atoms with Gasteiger partial charge in [0, 0.05) is 12.6 Å². The van der Waals surface area contributed by atoms with E-state index in [4.69, 9.17) is 4.98 Å². The molecule has 1 atom stereocenters. The van der Waals surface area contributed by atoms with Crippen molar-refractivity contribution in [1.82, 2.24) is 14.9 Å². The van der Waals surface area contributed by atoms with Crippen LogP contribution in [0.15, 0.2) is 90.1 Å². The largest absolute Gasteiger partial charge is 0.353 e. The van der Waals surface area contributed by atoms with Gasteiger partial charge in [-0.1, -0.05) is 84.6 Å². The monoisotopic (exact) mass is 443 g/mol. The first-order chi connectivity index (χ1) is 15.7. The Morgan fingerprint density at radius 3 is 2.25 bits per heavy atom. The van der Waals surface area contributed by atoms with Gasteiger partial charge in [-0.25, -0.2) is 4.98 Å². The highest BCUT2D eigenvalue weighted by Gasteiger charge is 2.14. The number of aryl methyl sites for hydroxylation is 3. The number of hydrogen-bond acceptors (Lipinski definition) is 3. The zero-order chi connectivity index (χ0) is 22.2. The maximum absolute atomic E-state index is 12.6. The van der Waals surface area contributed by atoms with Crippen molar-refractivity contribution in [2.24, 2.45) is 0 Å². The Morgan fingerprint density at radius 2 is 1.53 bits per heavy atom. The summed E-state index contributed by atoms with van der Waals surface area (Å²) in [7, 11) is 0. The predicted octanol–water partition coefficient (Wildman–Crippen LogP) is 5.51. The van der Waals surface area contributed by atoms with Crippen LogP contribution in [0, 0.1) is 0 Å². The summed E-state index contributed by atoms with van der Waals surface area (Å²) in [6.45, 7) is 2.91. The minimum Gasteiger partial charge on any atom is -0.353 e. The number of amides is 1. The smallest absolute Gasteiger partial charge is 0.230 e. The molecule has 0 spiro atoms. The number of imidazole rings is 1. The first-order valence-electron chi connectivity index (χ1n) is 11.1. The lowest BCUT2D eigenvalue weighted by Crippen LogP contribution is -2.34. The van der Waals surface area contributed by atoms with E-state index >= 15 is 0 Å². The molecular formula is C27H29N3OS. The Labute approximate surface area is 194 Å². The summed E-state index contributed by atoms with van der Waals surface area (Å²) in [5.41, 5.74) is 4.68. The van der Waals surface area contributed by atoms with Crippen molar-refractivity contribution in [3.63, 3.8) is 0 Å². The van der Waals surface area contributed by atoms with Gasteiger partial charge in [-0.15, -0.1) is 0 Å². The van der Waals surface area contributed by atoms with Crippen molar-refractivity contribution < 1.29 is 4.79 Å². The summed E-state index contributed by atoms with van der Waals surface area (Å²) in [5, 5.41) is 4.03. The van der Waals surface area contributed by atoms with Crippen molar-refractivity contribution in [3.8, 4) is 0 Å². The lowest BCUT2D eigenvalue weighted by atomic mass is 10.1. The zero-order valence-electron chi connectivity index (χ0n) is 18.4. The second-order valence-corrected chi connectivity index (χ2v) is 8.99. The van der Waals surface area contributed by atoms with Crippen LogP contribution in [-0.4, -0.2) is 27.3 Å². The fraction of sp³-hybridized carbons (Fsp3) is 0.259. The van der Waals surface area contributed by atoms with Crippen LogP contribution < -0.4 is 5.32 Å². The number of carbonyl (C=O) groups excluding carboxylic acids is 1. The lowest BCUT2D eigenvalue weighted by molar-refractivity contribution is -0.119. The maximum Gasteiger partial charge on any atom is 0.230 e. The number of hydrogen-bond donors (Lipinski definition) is 1. The number of aromatic nitrogens is 2. The normalized spacial score (nSPS) is 12.0. The molecule has 0 fully saturated rings. The Bertz CT molecular complexity index is 1140. The molecule has 0 radical (unpaired) electrons. The summed E-state index contributed by atoms with van der Waals surface area (Å²) in [5.74, 6) is 0.418. The highest BCUT2D eigenvalue weighted by atomic mass is 32.2. The third-order valence-corrected chi connectivity index (χ3v) is 6.51. The van der Waals surface area contributed by atoms with Gasteiger partial charge in [-0.2, -0.15) is 0 Å². The summed E-state index contributed by atoms with van der Waals surface area (Å²) in [4.78, 5) is 17.4. The van der Waals surface area contributed by atoms with Crippen LogP contribution >= 0.6 is 11.8 Å². The molecule has 0 aliphatic rings. The first-order valence-corrected chi connectivity index (χ1v) is 12.1. The number of nitrogens with zero attached hydrogens (tertiary/aromatic N) is 2. The Hall–Kier alpha value is -3.05. The third kappa shape index (κ3) is 6.01. The van der Waals surface area contributed by atoms with Crippen LogP contribution in [0.5, 0.6) is 0 Å². The number of rotatable bonds is 10. The molecule has 0 aliphatic carbocycles. The van der Waals surface area contributed by atoms with Crippen LogP contribution in [0.2, 0.25) is 0 Å². The minimum absolute atomic E-state index is 0.0530. The minimum atomic E-state index is 0.0530. The van der Waals surface area contributed by atoms with Gasteiger partial charge in [0.25, 0.3) is 0 Å². The maximum atomic E-state index is 12.6. The zero-order valence-corrected chi connectivity index (χ0v) is 19.2. The van der Waals surface area contributed by atoms with Gasteiger partial charge in [-0.3, -0.25) is 4.79 Å². The molecule has 4 nitrogen and oxygen atoms in total. The second-order valence-electron chi connectivity index (χ2n) is 8.05. The van der Waals surface area contributed by atoms with E-state index < -0.39 is 0 Å². The molecule has 1 amide bonds. The Kier molecular flexibility index (Phi) is 7.62. The van der Waals surface area contributed by atoms with Crippen LogP contribution in [0.1, 0.15) is 24.5 Å². The topological polar surface area (TPSA) is 46.9 Å². The third-order valence-electron chi connectivity index (χ3n) is 5.54. The molecule has 0 bridgehead atoms. The van der Waals surface area contributed by atoms with E-state index in [1.165, 1.54) is 22.9 Å². The molecule has 0 saturated heterocycles. The molecule has 1 aromatic heterocycles. The number of thioether (sulfide) groups is 1. The molecule has 0 saturated carbocycles. The van der Waals surface area contributed by atoms with Gasteiger partial charge in [0.2, 0.25) is 5.91 Å². The van der Waals surface area contributed by atoms with E-state index in [1.807, 2.05) is 30.3 Å². The summed E-state index contributed by atoms with van der Waals surface area (Å²) >= 11 is 1.51. The highest BCUT2D eigenvalue weighted by molar-refractivity contribution is 7.99. The van der Waals surface area contributed by atoms with Crippen molar-refractivity contribution in [3.05, 3.63) is 96.1 Å². The van der Waals surface area contributed by atoms with Crippen LogP contribution in [0.3, 0.4) is 0 Å². The van der Waals surface area contributed by atoms with Crippen LogP contribution in [0.25, 0.3) is 11.0 Å². The van der Waals surface area contributed by atoms with Gasteiger partial charge in [0.15, 0.2) is 5.16 Å². The Balaban J connectivity index is 1.35. The molecule has 5 heteroatoms. The number of carbonyl (C=O) groups is 1. The standard InChI is InChI=1S/C27H29N3OS/c1-21(16-17-22-10-4-2-5-11-22)28-26(31)20-32-27-29-24-14-8-9-15-25(24)30(27)19-18-23-12-6-3-7-13-23/h2-15,21H,16-20H2,1H3,(H,28,31)/t21-/m0/s1. The molecular weight excluding hydrogens is 414 g/mol. The van der Waals surface area contributed by atoms with E-state index in [-0.39, 0.29) is 11.9 Å². The van der Waals surface area contributed by atoms with Gasteiger partial charge in [-0.05, 0) is 49.4 Å². The molecule has 4 aromatic rings. The quantitative estimate of drug-likeness (QED) is 0.329. The van der Waals surface area contributed by atoms with E-state index in [0.29, 0.717) is 5.75 Å². The number of nitrogens with one attached hydrogen (secondary N) is 1. The molecule has 1 N–H and O–H groups in total. The summed E-state index contributed by atoms with van der Waals surface area (Å²) in [6.07, 6.45) is 2.82. The second kappa shape index (κ2) is 11.0. The van der Waals surface area contributed by atoms with Gasteiger partial charge in [0.05, 0.1) is 16.8 Å². The molecule has 0 aliphatic heterocycles. The first kappa shape index (κ1) is 22.2. The number of benzene rings is 3. The molecule has 4 rings (SSSR count). The van der Waals surface area contributed by atoms with Crippen molar-refractivity contribution in [2.45, 2.75) is 43.9 Å². The number of para-hydroxylation sites is 2. The lowest BCUT2D eigenvalue weighted by Gasteiger charge is -2.14. The van der Waals surface area contributed by atoms with Gasteiger partial charge < -0.3 is 9.88 Å². The van der Waals surface area contributed by atoms with Crippen LogP contribution in [0.4, 0.5) is 0 Å². The highest BCUT2D eigenvalue weighted by Crippen LogP contribution is 2.24. The van der Waals surface area contributed by atoms with Crippen LogP contribution in [-0.2, 0) is 24.2 Å². The van der Waals surface area contributed by atoms with Gasteiger partial charge >= 0.3 is 0 Å². The molecule has 32 heavy (non-hydrogen) atoms. The van der Waals surface area contributed by atoms with Crippen molar-refractivity contribution >= 4 is 28.7 Å². The number of fused-ring (bicyclic) bond motifs is 1. The average Bonchev–Trinajstić information content (AvgIpc) is 3.19. The van der Waals surface area contributed by atoms with Crippen molar-refractivity contribution in [1.29, 1.82) is 0 Å². The van der Waals surface area contributed by atoms with E-state index in [9.17, 15) is 4.79 Å². The SMILES string of the molecule is C[C@@H](CCc1ccccc1)NC(=O)CSc1nc2ccccc2n1CCc1ccccc1. The molecule has 0 unspecified atom stereocenters. The van der Waals surface area contributed by atoms with Gasteiger partial charge in [0.1, 0.15) is 0 Å². The summed E-state index contributed by atoms with van der Waals surface area (Å²) in [6, 6.07) is 29.2. The average molecular weight is 444 g/mol. The van der Waals surface area contributed by atoms with E-state index in [2.05, 4.69) is 71.4 Å². The predicted molar refractivity (Wildman–Crippen MR) is 133 cm³/mol. The fourth-order valence-corrected chi connectivity index (χ4v) is 4.66. The molecule has 164 valence electrons. The van der Waals surface area contributed by atoms with E-state index in [1.54, 1.807) is 0 Å². The van der Waals surface area contributed by atoms with E-state index in [0.717, 1.165) is 42.0 Å². The summed E-state index contributed by atoms with van der Waals surface area (Å²) < 4.78 is 2.24. The van der Waals surface area contributed by atoms with Crippen molar-refractivity contribution in [2.75, 3.05) is 5.75 Å². The molecule has 3 aromatic carbocycles.